The van der Waals surface area contributed by atoms with Gasteiger partial charge in [0.05, 0.1) is 19.7 Å². The number of hydrogen-bond acceptors (Lipinski definition) is 4. The van der Waals surface area contributed by atoms with Gasteiger partial charge in [0.15, 0.2) is 11.5 Å². The highest BCUT2D eigenvalue weighted by Gasteiger charge is 2.06. The van der Waals surface area contributed by atoms with E-state index in [1.807, 2.05) is 42.5 Å². The Balaban J connectivity index is 1.85. The number of halogens is 1. The molecule has 0 aliphatic carbocycles. The fourth-order valence-corrected chi connectivity index (χ4v) is 2.63. The van der Waals surface area contributed by atoms with Gasteiger partial charge >= 0.3 is 0 Å². The highest BCUT2D eigenvalue weighted by molar-refractivity contribution is 6.31. The number of nitrogens with zero attached hydrogens (tertiary/aromatic N) is 1. The molecule has 0 bridgehead atoms. The first-order valence-corrected chi connectivity index (χ1v) is 7.58. The Labute approximate surface area is 140 Å². The largest absolute Gasteiger partial charge is 0.493 e. The molecule has 1 aromatic heterocycles. The van der Waals surface area contributed by atoms with Crippen molar-refractivity contribution >= 4 is 28.2 Å². The number of nitrogens with one attached hydrogen (secondary N) is 1. The first-order valence-electron chi connectivity index (χ1n) is 7.20. The van der Waals surface area contributed by atoms with Crippen molar-refractivity contribution in [3.8, 4) is 11.5 Å². The number of rotatable bonds is 5. The molecule has 3 aromatic rings. The Morgan fingerprint density at radius 1 is 1.00 bits per heavy atom. The molecule has 0 atom stereocenters. The summed E-state index contributed by atoms with van der Waals surface area (Å²) in [6.07, 6.45) is 1.78. The summed E-state index contributed by atoms with van der Waals surface area (Å²) in [6, 6.07) is 13.5. The molecule has 0 fully saturated rings. The Morgan fingerprint density at radius 2 is 1.83 bits per heavy atom. The van der Waals surface area contributed by atoms with E-state index in [-0.39, 0.29) is 0 Å². The lowest BCUT2D eigenvalue weighted by atomic mass is 10.1. The quantitative estimate of drug-likeness (QED) is 0.748. The molecule has 0 saturated heterocycles. The topological polar surface area (TPSA) is 43.4 Å². The second-order valence-electron chi connectivity index (χ2n) is 5.06. The van der Waals surface area contributed by atoms with Crippen LogP contribution in [0.1, 0.15) is 5.56 Å². The Kier molecular flexibility index (Phi) is 4.53. The van der Waals surface area contributed by atoms with E-state index in [9.17, 15) is 0 Å². The van der Waals surface area contributed by atoms with Crippen LogP contribution in [0.15, 0.2) is 48.7 Å². The Hall–Kier alpha value is -2.46. The van der Waals surface area contributed by atoms with Crippen LogP contribution in [0.25, 0.3) is 10.9 Å². The molecule has 118 valence electrons. The molecule has 0 radical (unpaired) electrons. The molecule has 1 N–H and O–H groups in total. The maximum absolute atomic E-state index is 6.09. The van der Waals surface area contributed by atoms with Crippen molar-refractivity contribution in [3.63, 3.8) is 0 Å². The number of benzene rings is 2. The average Bonchev–Trinajstić information content (AvgIpc) is 2.59. The Bertz CT molecular complexity index is 836. The normalized spacial score (nSPS) is 10.6. The maximum Gasteiger partial charge on any atom is 0.161 e. The first kappa shape index (κ1) is 15.4. The smallest absolute Gasteiger partial charge is 0.161 e. The van der Waals surface area contributed by atoms with Crippen LogP contribution in [-0.4, -0.2) is 19.2 Å². The minimum atomic E-state index is 0.659. The van der Waals surface area contributed by atoms with Gasteiger partial charge < -0.3 is 14.8 Å². The third-order valence-corrected chi connectivity index (χ3v) is 3.87. The summed E-state index contributed by atoms with van der Waals surface area (Å²) in [4.78, 5) is 4.35. The second kappa shape index (κ2) is 6.75. The first-order chi connectivity index (χ1) is 11.2. The predicted octanol–water partition coefficient (Wildman–Crippen LogP) is 4.52. The molecular weight excluding hydrogens is 312 g/mol. The van der Waals surface area contributed by atoms with Crippen LogP contribution in [0.5, 0.6) is 11.5 Å². The van der Waals surface area contributed by atoms with Crippen molar-refractivity contribution < 1.29 is 9.47 Å². The van der Waals surface area contributed by atoms with Crippen LogP contribution in [-0.2, 0) is 6.54 Å². The molecule has 5 heteroatoms. The van der Waals surface area contributed by atoms with Crippen LogP contribution in [0, 0.1) is 0 Å². The lowest BCUT2D eigenvalue weighted by Gasteiger charge is -2.12. The molecule has 0 spiro atoms. The fraction of sp³-hybridized carbons (Fsp3) is 0.167. The van der Waals surface area contributed by atoms with Crippen molar-refractivity contribution in [1.82, 2.24) is 4.98 Å². The van der Waals surface area contributed by atoms with E-state index < -0.39 is 0 Å². The van der Waals surface area contributed by atoms with Crippen LogP contribution in [0.4, 0.5) is 5.69 Å². The standard InChI is InChI=1S/C18H17ClN2O2/c1-22-17-6-3-12(9-18(17)23-2)11-21-16-7-8-20-15-5-4-13(19)10-14(15)16/h3-10H,11H2,1-2H3,(H,20,21). The zero-order valence-corrected chi connectivity index (χ0v) is 13.7. The van der Waals surface area contributed by atoms with E-state index in [4.69, 9.17) is 21.1 Å². The molecular formula is C18H17ClN2O2. The van der Waals surface area contributed by atoms with Gasteiger partial charge in [0, 0.05) is 28.8 Å². The summed E-state index contributed by atoms with van der Waals surface area (Å²) in [7, 11) is 3.26. The van der Waals surface area contributed by atoms with Gasteiger partial charge in [-0.05, 0) is 42.0 Å². The second-order valence-corrected chi connectivity index (χ2v) is 5.50. The van der Waals surface area contributed by atoms with E-state index in [0.29, 0.717) is 11.6 Å². The van der Waals surface area contributed by atoms with Gasteiger partial charge in [-0.2, -0.15) is 0 Å². The third kappa shape index (κ3) is 3.32. The van der Waals surface area contributed by atoms with Crippen molar-refractivity contribution in [2.24, 2.45) is 0 Å². The molecule has 4 nitrogen and oxygen atoms in total. The summed E-state index contributed by atoms with van der Waals surface area (Å²) in [5, 5.41) is 5.12. The molecule has 0 unspecified atom stereocenters. The van der Waals surface area contributed by atoms with Crippen molar-refractivity contribution in [1.29, 1.82) is 0 Å². The predicted molar refractivity (Wildman–Crippen MR) is 93.6 cm³/mol. The number of methoxy groups -OCH3 is 2. The van der Waals surface area contributed by atoms with Crippen LogP contribution in [0.2, 0.25) is 5.02 Å². The maximum atomic E-state index is 6.09. The summed E-state index contributed by atoms with van der Waals surface area (Å²) in [5.41, 5.74) is 2.99. The van der Waals surface area contributed by atoms with E-state index in [0.717, 1.165) is 33.7 Å². The number of ether oxygens (including phenoxy) is 2. The van der Waals surface area contributed by atoms with Crippen LogP contribution in [0.3, 0.4) is 0 Å². The monoisotopic (exact) mass is 328 g/mol. The number of anilines is 1. The minimum Gasteiger partial charge on any atom is -0.493 e. The highest BCUT2D eigenvalue weighted by atomic mass is 35.5. The zero-order valence-electron chi connectivity index (χ0n) is 13.0. The Morgan fingerprint density at radius 3 is 2.61 bits per heavy atom. The van der Waals surface area contributed by atoms with Gasteiger partial charge in [0.2, 0.25) is 0 Å². The van der Waals surface area contributed by atoms with Gasteiger partial charge in [-0.25, -0.2) is 0 Å². The van der Waals surface area contributed by atoms with Crippen LogP contribution < -0.4 is 14.8 Å². The average molecular weight is 329 g/mol. The number of fused-ring (bicyclic) bond motifs is 1. The fourth-order valence-electron chi connectivity index (χ4n) is 2.46. The van der Waals surface area contributed by atoms with Gasteiger partial charge in [-0.3, -0.25) is 4.98 Å². The van der Waals surface area contributed by atoms with Gasteiger partial charge in [-0.1, -0.05) is 17.7 Å². The summed E-state index contributed by atoms with van der Waals surface area (Å²) < 4.78 is 10.6. The highest BCUT2D eigenvalue weighted by Crippen LogP contribution is 2.29. The van der Waals surface area contributed by atoms with E-state index >= 15 is 0 Å². The summed E-state index contributed by atoms with van der Waals surface area (Å²) in [5.74, 6) is 1.44. The van der Waals surface area contributed by atoms with Gasteiger partial charge in [0.1, 0.15) is 0 Å². The molecule has 0 aliphatic heterocycles. The lowest BCUT2D eigenvalue weighted by Crippen LogP contribution is -2.01. The van der Waals surface area contributed by atoms with E-state index in [1.165, 1.54) is 0 Å². The molecule has 2 aromatic carbocycles. The summed E-state index contributed by atoms with van der Waals surface area (Å²) >= 11 is 6.09. The molecule has 1 heterocycles. The molecule has 3 rings (SSSR count). The van der Waals surface area contributed by atoms with Crippen molar-refractivity contribution in [2.45, 2.75) is 6.54 Å². The number of hydrogen-bond donors (Lipinski definition) is 1. The van der Waals surface area contributed by atoms with E-state index in [1.54, 1.807) is 20.4 Å². The summed E-state index contributed by atoms with van der Waals surface area (Å²) in [6.45, 7) is 0.659. The SMILES string of the molecule is COc1ccc(CNc2ccnc3ccc(Cl)cc23)cc1OC. The minimum absolute atomic E-state index is 0.659. The third-order valence-electron chi connectivity index (χ3n) is 3.63. The van der Waals surface area contributed by atoms with Gasteiger partial charge in [-0.15, -0.1) is 0 Å². The van der Waals surface area contributed by atoms with Crippen LogP contribution >= 0.6 is 11.6 Å². The van der Waals surface area contributed by atoms with Gasteiger partial charge in [0.25, 0.3) is 0 Å². The van der Waals surface area contributed by atoms with E-state index in [2.05, 4.69) is 10.3 Å². The number of pyridine rings is 1. The number of aromatic nitrogens is 1. The lowest BCUT2D eigenvalue weighted by molar-refractivity contribution is 0.354. The van der Waals surface area contributed by atoms with Crippen molar-refractivity contribution in [3.05, 3.63) is 59.2 Å². The molecule has 0 amide bonds. The molecule has 0 aliphatic rings. The molecule has 0 saturated carbocycles. The molecule has 23 heavy (non-hydrogen) atoms. The zero-order chi connectivity index (χ0) is 16.2. The van der Waals surface area contributed by atoms with Crippen molar-refractivity contribution in [2.75, 3.05) is 19.5 Å².